The van der Waals surface area contributed by atoms with Gasteiger partial charge in [-0.3, -0.25) is 0 Å². The molecule has 1 aromatic carbocycles. The highest BCUT2D eigenvalue weighted by molar-refractivity contribution is 7.58. The molecular formula is C9H7Cl2N3S. The van der Waals surface area contributed by atoms with Crippen molar-refractivity contribution < 1.29 is 0 Å². The topological polar surface area (TPSA) is 36.8 Å². The van der Waals surface area contributed by atoms with Crippen LogP contribution in [0.3, 0.4) is 0 Å². The SMILES string of the molecule is Clc1cc(Cl)c(NC2CC2)c2c1N=S=N2. The van der Waals surface area contributed by atoms with E-state index in [-0.39, 0.29) is 0 Å². The summed E-state index contributed by atoms with van der Waals surface area (Å²) in [6, 6.07) is 2.26. The number of benzene rings is 1. The van der Waals surface area contributed by atoms with Crippen LogP contribution in [0.15, 0.2) is 14.8 Å². The maximum atomic E-state index is 6.13. The van der Waals surface area contributed by atoms with E-state index in [1.54, 1.807) is 6.07 Å². The Hall–Kier alpha value is -0.580. The van der Waals surface area contributed by atoms with Crippen molar-refractivity contribution in [3.63, 3.8) is 0 Å². The number of hydrogen-bond donors (Lipinski definition) is 1. The largest absolute Gasteiger partial charge is 0.379 e. The van der Waals surface area contributed by atoms with Gasteiger partial charge in [0.15, 0.2) is 0 Å². The van der Waals surface area contributed by atoms with Crippen LogP contribution >= 0.6 is 23.2 Å². The molecule has 2 aliphatic rings. The van der Waals surface area contributed by atoms with Crippen LogP contribution in [0.1, 0.15) is 12.8 Å². The fraction of sp³-hybridized carbons (Fsp3) is 0.333. The normalized spacial score (nSPS) is 17.5. The molecule has 6 heteroatoms. The van der Waals surface area contributed by atoms with Gasteiger partial charge >= 0.3 is 0 Å². The van der Waals surface area contributed by atoms with Crippen LogP contribution in [0, 0.1) is 0 Å². The maximum Gasteiger partial charge on any atom is 0.130 e. The first-order valence-corrected chi connectivity index (χ1v) is 6.11. The summed E-state index contributed by atoms with van der Waals surface area (Å²) in [6.07, 6.45) is 2.38. The molecule has 0 unspecified atom stereocenters. The standard InChI is InChI=1S/C9H7Cl2N3S/c10-5-3-6(11)8-9(14-15-13-8)7(5)12-4-1-2-4/h3-4,12H,1-2H2. The maximum absolute atomic E-state index is 6.13. The monoisotopic (exact) mass is 259 g/mol. The Morgan fingerprint density at radius 2 is 1.93 bits per heavy atom. The van der Waals surface area contributed by atoms with E-state index in [1.165, 1.54) is 12.8 Å². The molecule has 0 radical (unpaired) electrons. The van der Waals surface area contributed by atoms with E-state index in [0.29, 0.717) is 16.1 Å². The lowest BCUT2D eigenvalue weighted by atomic mass is 10.2. The Kier molecular flexibility index (Phi) is 2.23. The third-order valence-corrected chi connectivity index (χ3v) is 3.48. The molecule has 1 heterocycles. The number of nitrogens with one attached hydrogen (secondary N) is 1. The lowest BCUT2D eigenvalue weighted by Crippen LogP contribution is -2.01. The predicted octanol–water partition coefficient (Wildman–Crippen LogP) is 4.29. The van der Waals surface area contributed by atoms with Gasteiger partial charge in [0.25, 0.3) is 0 Å². The van der Waals surface area contributed by atoms with E-state index in [9.17, 15) is 0 Å². The minimum atomic E-state index is 0.536. The van der Waals surface area contributed by atoms with Gasteiger partial charge in [-0.15, -0.1) is 0 Å². The summed E-state index contributed by atoms with van der Waals surface area (Å²) in [6.45, 7) is 0. The van der Waals surface area contributed by atoms with Crippen LogP contribution in [0.5, 0.6) is 0 Å². The molecule has 1 aliphatic carbocycles. The number of hydrogen-bond acceptors (Lipinski definition) is 3. The number of nitrogens with zero attached hydrogens (tertiary/aromatic N) is 2. The summed E-state index contributed by atoms with van der Waals surface area (Å²) < 4.78 is 8.37. The van der Waals surface area contributed by atoms with Crippen molar-refractivity contribution in [1.82, 2.24) is 0 Å². The van der Waals surface area contributed by atoms with Gasteiger partial charge < -0.3 is 5.32 Å². The molecule has 1 saturated carbocycles. The Morgan fingerprint density at radius 1 is 1.20 bits per heavy atom. The van der Waals surface area contributed by atoms with Crippen molar-refractivity contribution in [1.29, 1.82) is 0 Å². The van der Waals surface area contributed by atoms with E-state index in [0.717, 1.165) is 28.4 Å². The van der Waals surface area contributed by atoms with Crippen LogP contribution in [0.4, 0.5) is 17.1 Å². The fourth-order valence-corrected chi connectivity index (χ4v) is 2.61. The zero-order chi connectivity index (χ0) is 10.4. The molecule has 78 valence electrons. The minimum Gasteiger partial charge on any atom is -0.379 e. The summed E-state index contributed by atoms with van der Waals surface area (Å²) in [4.78, 5) is 0. The van der Waals surface area contributed by atoms with Crippen molar-refractivity contribution >= 4 is 51.6 Å². The first-order chi connectivity index (χ1) is 7.25. The van der Waals surface area contributed by atoms with E-state index < -0.39 is 0 Å². The highest BCUT2D eigenvalue weighted by atomic mass is 35.5. The predicted molar refractivity (Wildman–Crippen MR) is 64.6 cm³/mol. The average molecular weight is 260 g/mol. The number of halogens is 2. The third-order valence-electron chi connectivity index (χ3n) is 2.37. The van der Waals surface area contributed by atoms with Crippen LogP contribution in [0.2, 0.25) is 10.0 Å². The Balaban J connectivity index is 2.12. The highest BCUT2D eigenvalue weighted by Gasteiger charge is 2.26. The van der Waals surface area contributed by atoms with Crippen LogP contribution in [-0.4, -0.2) is 6.04 Å². The quantitative estimate of drug-likeness (QED) is 0.858. The first-order valence-electron chi connectivity index (χ1n) is 4.62. The smallest absolute Gasteiger partial charge is 0.130 e. The van der Waals surface area contributed by atoms with Crippen molar-refractivity contribution in [3.05, 3.63) is 16.1 Å². The van der Waals surface area contributed by atoms with Gasteiger partial charge in [-0.2, -0.15) is 8.73 Å². The molecule has 3 rings (SSSR count). The van der Waals surface area contributed by atoms with Crippen LogP contribution in [-0.2, 0) is 11.4 Å². The molecule has 0 bridgehead atoms. The Morgan fingerprint density at radius 3 is 2.67 bits per heavy atom. The molecular weight excluding hydrogens is 253 g/mol. The second-order valence-electron chi connectivity index (χ2n) is 3.60. The molecule has 0 saturated heterocycles. The lowest BCUT2D eigenvalue weighted by molar-refractivity contribution is 1.15. The van der Waals surface area contributed by atoms with Gasteiger partial charge in [-0.25, -0.2) is 0 Å². The highest BCUT2D eigenvalue weighted by Crippen LogP contribution is 2.48. The van der Waals surface area contributed by atoms with Gasteiger partial charge in [0.05, 0.1) is 27.1 Å². The van der Waals surface area contributed by atoms with E-state index in [2.05, 4.69) is 14.0 Å². The lowest BCUT2D eigenvalue weighted by Gasteiger charge is -2.10. The van der Waals surface area contributed by atoms with E-state index in [1.807, 2.05) is 0 Å². The van der Waals surface area contributed by atoms with Crippen LogP contribution < -0.4 is 5.32 Å². The van der Waals surface area contributed by atoms with Crippen molar-refractivity contribution in [2.45, 2.75) is 18.9 Å². The second kappa shape index (κ2) is 3.47. The zero-order valence-electron chi connectivity index (χ0n) is 7.63. The van der Waals surface area contributed by atoms with Gasteiger partial charge in [0.1, 0.15) is 11.4 Å². The molecule has 3 nitrogen and oxygen atoms in total. The summed E-state index contributed by atoms with van der Waals surface area (Å²) >= 11 is 13.3. The molecule has 15 heavy (non-hydrogen) atoms. The van der Waals surface area contributed by atoms with Gasteiger partial charge in [0.2, 0.25) is 0 Å². The van der Waals surface area contributed by atoms with Gasteiger partial charge in [-0.05, 0) is 18.9 Å². The van der Waals surface area contributed by atoms with Crippen LogP contribution in [0.25, 0.3) is 0 Å². The molecule has 0 spiro atoms. The van der Waals surface area contributed by atoms with Crippen molar-refractivity contribution in [3.8, 4) is 0 Å². The molecule has 1 N–H and O–H groups in total. The third kappa shape index (κ3) is 1.67. The molecule has 0 atom stereocenters. The Labute approximate surface area is 101 Å². The zero-order valence-corrected chi connectivity index (χ0v) is 9.96. The van der Waals surface area contributed by atoms with Crippen molar-refractivity contribution in [2.75, 3.05) is 5.32 Å². The van der Waals surface area contributed by atoms with Gasteiger partial charge in [0, 0.05) is 6.04 Å². The summed E-state index contributed by atoms with van der Waals surface area (Å²) in [5, 5.41) is 4.53. The molecule has 1 aliphatic heterocycles. The Bertz CT molecular complexity index is 505. The van der Waals surface area contributed by atoms with Crippen molar-refractivity contribution in [2.24, 2.45) is 8.73 Å². The molecule has 0 amide bonds. The minimum absolute atomic E-state index is 0.536. The molecule has 1 fully saturated rings. The average Bonchev–Trinajstić information content (AvgIpc) is 2.87. The molecule has 0 aromatic heterocycles. The van der Waals surface area contributed by atoms with E-state index in [4.69, 9.17) is 23.2 Å². The van der Waals surface area contributed by atoms with Gasteiger partial charge in [-0.1, -0.05) is 23.2 Å². The number of rotatable bonds is 2. The molecule has 1 aromatic rings. The van der Waals surface area contributed by atoms with E-state index >= 15 is 0 Å². The summed E-state index contributed by atoms with van der Waals surface area (Å²) in [7, 11) is 0. The number of anilines is 1. The number of fused-ring (bicyclic) bond motifs is 1. The summed E-state index contributed by atoms with van der Waals surface area (Å²) in [5.41, 5.74) is 2.38. The summed E-state index contributed by atoms with van der Waals surface area (Å²) in [5.74, 6) is 0. The first kappa shape index (κ1) is 9.63. The second-order valence-corrected chi connectivity index (χ2v) is 4.94. The fourth-order valence-electron chi connectivity index (χ4n) is 1.44.